The number of nitriles is 2. The highest BCUT2D eigenvalue weighted by Gasteiger charge is 2.28. The first-order chi connectivity index (χ1) is 17.9. The number of piperidine rings is 1. The molecule has 2 aromatic rings. The van der Waals surface area contributed by atoms with Crippen molar-refractivity contribution in [3.63, 3.8) is 0 Å². The van der Waals surface area contributed by atoms with Crippen molar-refractivity contribution < 1.29 is 17.9 Å². The van der Waals surface area contributed by atoms with Gasteiger partial charge in [0.25, 0.3) is 0 Å². The second-order valence-electron chi connectivity index (χ2n) is 9.93. The molecule has 3 N–H and O–H groups in total. The van der Waals surface area contributed by atoms with E-state index in [0.29, 0.717) is 65.6 Å². The molecule has 1 aliphatic rings. The van der Waals surface area contributed by atoms with E-state index in [1.807, 2.05) is 32.6 Å². The third-order valence-corrected chi connectivity index (χ3v) is 7.94. The van der Waals surface area contributed by atoms with E-state index in [-0.39, 0.29) is 10.9 Å². The number of thioether (sulfide) groups is 1. The second-order valence-corrected chi connectivity index (χ2v) is 12.5. The molecular weight excluding hydrogens is 524 g/mol. The number of benzene rings is 1. The van der Waals surface area contributed by atoms with Gasteiger partial charge in [-0.25, -0.2) is 23.3 Å². The zero-order valence-corrected chi connectivity index (χ0v) is 23.6. The molecule has 12 heteroatoms. The summed E-state index contributed by atoms with van der Waals surface area (Å²) in [6.45, 7) is 8.51. The van der Waals surface area contributed by atoms with Gasteiger partial charge < -0.3 is 15.0 Å². The summed E-state index contributed by atoms with van der Waals surface area (Å²) < 4.78 is 28.4. The number of hydrogen-bond acceptors (Lipinski definition) is 9. The van der Waals surface area contributed by atoms with Crippen molar-refractivity contribution in [1.82, 2.24) is 10.3 Å². The number of carbonyl (C=O) groups is 1. The Morgan fingerprint density at radius 1 is 1.18 bits per heavy atom. The number of primary sulfonamides is 1. The summed E-state index contributed by atoms with van der Waals surface area (Å²) >= 11 is 1.36. The van der Waals surface area contributed by atoms with E-state index in [0.717, 1.165) is 5.56 Å². The zero-order valence-electron chi connectivity index (χ0n) is 21.9. The molecule has 0 unspecified atom stereocenters. The van der Waals surface area contributed by atoms with Gasteiger partial charge in [-0.15, -0.1) is 11.8 Å². The van der Waals surface area contributed by atoms with Gasteiger partial charge in [-0.2, -0.15) is 10.5 Å². The van der Waals surface area contributed by atoms with Crippen LogP contribution in [-0.4, -0.2) is 44.2 Å². The molecule has 0 saturated carbocycles. The van der Waals surface area contributed by atoms with Crippen LogP contribution in [0.15, 0.2) is 34.2 Å². The fourth-order valence-corrected chi connectivity index (χ4v) is 5.63. The van der Waals surface area contributed by atoms with E-state index in [1.165, 1.54) is 23.9 Å². The Labute approximate surface area is 228 Å². The summed E-state index contributed by atoms with van der Waals surface area (Å²) in [7, 11) is -3.78. The number of ether oxygens (including phenoxy) is 1. The Hall–Kier alpha value is -3.32. The Morgan fingerprint density at radius 2 is 1.79 bits per heavy atom. The number of sulfonamides is 1. The Kier molecular flexibility index (Phi) is 9.26. The number of pyridine rings is 1. The maximum Gasteiger partial charge on any atom is 0.407 e. The number of carbonyl (C=O) groups excluding carboxylic acids is 1. The van der Waals surface area contributed by atoms with Gasteiger partial charge in [0.1, 0.15) is 28.6 Å². The molecule has 1 amide bonds. The lowest BCUT2D eigenvalue weighted by Crippen LogP contribution is -2.46. The summed E-state index contributed by atoms with van der Waals surface area (Å²) in [6, 6.07) is 10.7. The monoisotopic (exact) mass is 556 g/mol. The molecule has 0 spiro atoms. The summed E-state index contributed by atoms with van der Waals surface area (Å²) in [5.74, 6) is 0.981. The fourth-order valence-electron chi connectivity index (χ4n) is 4.15. The molecule has 1 aliphatic heterocycles. The van der Waals surface area contributed by atoms with Gasteiger partial charge in [-0.1, -0.05) is 19.1 Å². The number of nitrogens with zero attached hydrogens (tertiary/aromatic N) is 4. The van der Waals surface area contributed by atoms with Gasteiger partial charge >= 0.3 is 6.09 Å². The molecular formula is C26H32N6O4S2. The predicted molar refractivity (Wildman–Crippen MR) is 145 cm³/mol. The summed E-state index contributed by atoms with van der Waals surface area (Å²) in [6.07, 6.45) is 1.36. The first-order valence-electron chi connectivity index (χ1n) is 12.2. The molecule has 10 nitrogen and oxygen atoms in total. The smallest absolute Gasteiger partial charge is 0.407 e. The summed E-state index contributed by atoms with van der Waals surface area (Å²) in [5.41, 5.74) is 1.69. The van der Waals surface area contributed by atoms with Crippen LogP contribution in [0.5, 0.6) is 0 Å². The van der Waals surface area contributed by atoms with Crippen LogP contribution in [0.1, 0.15) is 62.8 Å². The number of amides is 1. The number of nitrogens with one attached hydrogen (secondary N) is 1. The molecule has 38 heavy (non-hydrogen) atoms. The minimum absolute atomic E-state index is 0.0283. The number of nitrogens with two attached hydrogens (primary N) is 1. The molecule has 202 valence electrons. The summed E-state index contributed by atoms with van der Waals surface area (Å²) in [5, 5.41) is 28.5. The lowest BCUT2D eigenvalue weighted by molar-refractivity contribution is 0.0497. The maximum atomic E-state index is 12.2. The molecule has 0 radical (unpaired) electrons. The molecule has 0 bridgehead atoms. The van der Waals surface area contributed by atoms with E-state index >= 15 is 0 Å². The normalized spacial score (nSPS) is 14.4. The van der Waals surface area contributed by atoms with Crippen LogP contribution in [0.4, 0.5) is 10.6 Å². The maximum absolute atomic E-state index is 12.2. The van der Waals surface area contributed by atoms with Gasteiger partial charge in [0.05, 0.1) is 16.0 Å². The average molecular weight is 557 g/mol. The molecule has 1 fully saturated rings. The van der Waals surface area contributed by atoms with Crippen LogP contribution in [0.2, 0.25) is 0 Å². The minimum atomic E-state index is -3.78. The van der Waals surface area contributed by atoms with Gasteiger partial charge in [-0.05, 0) is 63.3 Å². The van der Waals surface area contributed by atoms with Gasteiger partial charge in [0.2, 0.25) is 10.0 Å². The largest absolute Gasteiger partial charge is 0.444 e. The molecule has 0 aliphatic carbocycles. The molecule has 1 aromatic heterocycles. The molecule has 1 aromatic carbocycles. The molecule has 1 saturated heterocycles. The zero-order chi connectivity index (χ0) is 28.1. The first-order valence-corrected chi connectivity index (χ1v) is 14.8. The number of anilines is 1. The van der Waals surface area contributed by atoms with Crippen LogP contribution >= 0.6 is 11.8 Å². The van der Waals surface area contributed by atoms with E-state index < -0.39 is 21.7 Å². The van der Waals surface area contributed by atoms with E-state index in [2.05, 4.69) is 17.5 Å². The van der Waals surface area contributed by atoms with Crippen molar-refractivity contribution in [2.24, 2.45) is 5.14 Å². The SMILES string of the molecule is CCc1c(C#N)c(SCc2ccc(S(N)(=O)=O)cc2)nc(N2CCC(NC(=O)OC(C)(C)C)CC2)c1C#N. The van der Waals surface area contributed by atoms with E-state index in [4.69, 9.17) is 14.9 Å². The lowest BCUT2D eigenvalue weighted by Gasteiger charge is -2.34. The van der Waals surface area contributed by atoms with Crippen molar-refractivity contribution in [2.75, 3.05) is 18.0 Å². The van der Waals surface area contributed by atoms with Gasteiger partial charge in [-0.3, -0.25) is 0 Å². The van der Waals surface area contributed by atoms with Gasteiger partial charge in [0.15, 0.2) is 0 Å². The van der Waals surface area contributed by atoms with Crippen LogP contribution < -0.4 is 15.4 Å². The molecule has 3 rings (SSSR count). The highest BCUT2D eigenvalue weighted by Crippen LogP contribution is 2.34. The Balaban J connectivity index is 1.81. The van der Waals surface area contributed by atoms with Crippen LogP contribution in [0, 0.1) is 22.7 Å². The predicted octanol–water partition coefficient (Wildman–Crippen LogP) is 3.82. The quantitative estimate of drug-likeness (QED) is 0.483. The molecule has 0 atom stereocenters. The summed E-state index contributed by atoms with van der Waals surface area (Å²) in [4.78, 5) is 19.0. The van der Waals surface area contributed by atoms with Crippen molar-refractivity contribution >= 4 is 33.7 Å². The third kappa shape index (κ3) is 7.38. The van der Waals surface area contributed by atoms with Crippen molar-refractivity contribution in [1.29, 1.82) is 10.5 Å². The Bertz CT molecular complexity index is 1360. The number of rotatable bonds is 7. The van der Waals surface area contributed by atoms with Crippen molar-refractivity contribution in [3.8, 4) is 12.1 Å². The van der Waals surface area contributed by atoms with Gasteiger partial charge in [0, 0.05) is 24.9 Å². The first kappa shape index (κ1) is 29.2. The van der Waals surface area contributed by atoms with Crippen LogP contribution in [0.25, 0.3) is 0 Å². The topological polar surface area (TPSA) is 162 Å². The van der Waals surface area contributed by atoms with E-state index in [1.54, 1.807) is 12.1 Å². The van der Waals surface area contributed by atoms with Crippen molar-refractivity contribution in [2.45, 2.75) is 74.3 Å². The third-order valence-electron chi connectivity index (χ3n) is 5.97. The highest BCUT2D eigenvalue weighted by atomic mass is 32.2. The highest BCUT2D eigenvalue weighted by molar-refractivity contribution is 7.98. The standard InChI is InChI=1S/C26H32N6O4S2/c1-5-20-21(14-27)23(32-12-10-18(11-13-32)30-25(33)36-26(2,3)4)31-24(22(20)15-28)37-16-17-6-8-19(9-7-17)38(29,34)35/h6-9,18H,5,10-13,16H2,1-4H3,(H,30,33)(H2,29,34,35). The van der Waals surface area contributed by atoms with Crippen LogP contribution in [0.3, 0.4) is 0 Å². The Morgan fingerprint density at radius 3 is 2.29 bits per heavy atom. The minimum Gasteiger partial charge on any atom is -0.444 e. The fraction of sp³-hybridized carbons (Fsp3) is 0.462. The lowest BCUT2D eigenvalue weighted by atomic mass is 10.00. The molecule has 2 heterocycles. The average Bonchev–Trinajstić information content (AvgIpc) is 2.85. The van der Waals surface area contributed by atoms with Crippen LogP contribution in [-0.2, 0) is 26.9 Å². The number of hydrogen-bond donors (Lipinski definition) is 2. The van der Waals surface area contributed by atoms with E-state index in [9.17, 15) is 23.7 Å². The second kappa shape index (κ2) is 12.0. The number of aromatic nitrogens is 1. The number of alkyl carbamates (subject to hydrolysis) is 1. The van der Waals surface area contributed by atoms with Crippen molar-refractivity contribution in [3.05, 3.63) is 46.5 Å².